The molecule has 4 aromatic rings. The van der Waals surface area contributed by atoms with Gasteiger partial charge in [-0.25, -0.2) is 4.68 Å². The van der Waals surface area contributed by atoms with E-state index in [1.807, 2.05) is 60.7 Å². The van der Waals surface area contributed by atoms with E-state index in [9.17, 15) is 14.7 Å². The Kier molecular flexibility index (Phi) is 5.74. The fraction of sp³-hybridized carbons (Fsp3) is 0.130. The van der Waals surface area contributed by atoms with Gasteiger partial charge in [-0.15, -0.1) is 21.6 Å². The van der Waals surface area contributed by atoms with Gasteiger partial charge in [-0.3, -0.25) is 14.3 Å². The molecule has 0 amide bonds. The van der Waals surface area contributed by atoms with Gasteiger partial charge in [0, 0.05) is 19.7 Å². The number of benzene rings is 2. The van der Waals surface area contributed by atoms with Gasteiger partial charge < -0.3 is 10.4 Å². The molecule has 0 saturated heterocycles. The van der Waals surface area contributed by atoms with Crippen LogP contribution in [0.3, 0.4) is 0 Å². The number of hydrogen-bond donors (Lipinski definition) is 2. The molecule has 2 aromatic carbocycles. The second-order valence-electron chi connectivity index (χ2n) is 7.11. The number of nitrogens with zero attached hydrogens (tertiary/aromatic N) is 4. The van der Waals surface area contributed by atoms with E-state index in [4.69, 9.17) is 0 Å². The summed E-state index contributed by atoms with van der Waals surface area (Å²) >= 11 is 1.08. The number of ketones is 1. The molecule has 0 radical (unpaired) electrons. The third-order valence-corrected chi connectivity index (χ3v) is 6.17. The summed E-state index contributed by atoms with van der Waals surface area (Å²) in [7, 11) is 1.76. The first-order valence-corrected chi connectivity index (χ1v) is 10.6. The first kappa shape index (κ1) is 21.3. The van der Waals surface area contributed by atoms with Gasteiger partial charge in [0.2, 0.25) is 0 Å². The number of azo groups is 1. The molecule has 0 saturated carbocycles. The Labute approximate surface area is 188 Å². The summed E-state index contributed by atoms with van der Waals surface area (Å²) in [5.41, 5.74) is 2.01. The lowest BCUT2D eigenvalue weighted by Gasteiger charge is -2.07. The molecule has 162 valence electrons. The molecule has 0 atom stereocenters. The smallest absolute Gasteiger partial charge is 0.299 e. The quantitative estimate of drug-likeness (QED) is 0.296. The summed E-state index contributed by atoms with van der Waals surface area (Å²) < 4.78 is 3.20. The van der Waals surface area contributed by atoms with E-state index in [1.165, 1.54) is 11.6 Å². The molecule has 0 aliphatic rings. The topological polar surface area (TPSA) is 101 Å². The lowest BCUT2D eigenvalue weighted by Crippen LogP contribution is -2.19. The van der Waals surface area contributed by atoms with Crippen molar-refractivity contribution in [3.05, 3.63) is 81.6 Å². The summed E-state index contributed by atoms with van der Waals surface area (Å²) in [4.78, 5) is 25.2. The molecular weight excluding hydrogens is 426 g/mol. The molecule has 0 aliphatic heterocycles. The Balaban J connectivity index is 1.79. The maximum absolute atomic E-state index is 13.1. The molecule has 2 N–H and O–H groups in total. The van der Waals surface area contributed by atoms with Crippen LogP contribution in [0.4, 0.5) is 22.1 Å². The van der Waals surface area contributed by atoms with Crippen LogP contribution in [0.5, 0.6) is 5.75 Å². The average Bonchev–Trinajstić information content (AvgIpc) is 3.21. The molecule has 0 aliphatic carbocycles. The van der Waals surface area contributed by atoms with Crippen LogP contribution >= 0.6 is 11.3 Å². The number of anilines is 2. The summed E-state index contributed by atoms with van der Waals surface area (Å²) in [6.07, 6.45) is 0. The fourth-order valence-electron chi connectivity index (χ4n) is 3.25. The van der Waals surface area contributed by atoms with Crippen LogP contribution in [-0.2, 0) is 7.05 Å². The van der Waals surface area contributed by atoms with E-state index in [2.05, 4.69) is 15.5 Å². The summed E-state index contributed by atoms with van der Waals surface area (Å²) in [5.74, 6) is -0.547. The van der Waals surface area contributed by atoms with Crippen molar-refractivity contribution >= 4 is 39.2 Å². The predicted octanol–water partition coefficient (Wildman–Crippen LogP) is 5.61. The van der Waals surface area contributed by atoms with Gasteiger partial charge in [0.15, 0.2) is 22.9 Å². The monoisotopic (exact) mass is 447 g/mol. The van der Waals surface area contributed by atoms with Crippen LogP contribution in [0.15, 0.2) is 75.7 Å². The first-order valence-electron chi connectivity index (χ1n) is 9.83. The van der Waals surface area contributed by atoms with Crippen LogP contribution in [0.25, 0.3) is 5.69 Å². The van der Waals surface area contributed by atoms with E-state index in [0.717, 1.165) is 17.0 Å². The lowest BCUT2D eigenvalue weighted by molar-refractivity contribution is 0.101. The minimum atomic E-state index is -0.334. The van der Waals surface area contributed by atoms with Crippen molar-refractivity contribution < 1.29 is 9.90 Å². The molecular formula is C23H21N5O3S. The average molecular weight is 448 g/mol. The van der Waals surface area contributed by atoms with Gasteiger partial charge in [-0.05, 0) is 31.2 Å². The van der Waals surface area contributed by atoms with Crippen molar-refractivity contribution in [1.29, 1.82) is 0 Å². The highest BCUT2D eigenvalue weighted by Gasteiger charge is 2.22. The summed E-state index contributed by atoms with van der Waals surface area (Å²) in [6, 6.07) is 18.5. The second-order valence-corrected chi connectivity index (χ2v) is 8.14. The fourth-order valence-corrected chi connectivity index (χ4v) is 4.20. The minimum Gasteiger partial charge on any atom is -0.504 e. The van der Waals surface area contributed by atoms with E-state index < -0.39 is 0 Å². The molecule has 8 nitrogen and oxygen atoms in total. The molecule has 32 heavy (non-hydrogen) atoms. The van der Waals surface area contributed by atoms with Crippen LogP contribution in [-0.4, -0.2) is 20.3 Å². The SMILES string of the molecule is CC(=O)c1sc(Nc2ccccc2)c(N=Nc2c(C)n(C)n(-c3ccccc3)c2=O)c1O. The maximum atomic E-state index is 13.1. The number of carbonyl (C=O) groups excluding carboxylic acids is 1. The lowest BCUT2D eigenvalue weighted by atomic mass is 10.3. The Bertz CT molecular complexity index is 1370. The Morgan fingerprint density at radius 2 is 1.59 bits per heavy atom. The standard InChI is InChI=1S/C23H21N5O3S/c1-14-18(23(31)28(27(14)3)17-12-8-5-9-13-17)25-26-19-20(30)21(15(2)29)32-22(19)24-16-10-6-4-7-11-16/h4-13,24,30H,1-3H3. The van der Waals surface area contributed by atoms with Gasteiger partial charge in [0.1, 0.15) is 9.88 Å². The molecule has 9 heteroatoms. The Hall–Kier alpha value is -3.98. The number of aromatic nitrogens is 2. The molecule has 2 aromatic heterocycles. The predicted molar refractivity (Wildman–Crippen MR) is 126 cm³/mol. The van der Waals surface area contributed by atoms with Crippen molar-refractivity contribution in [1.82, 2.24) is 9.36 Å². The van der Waals surface area contributed by atoms with Gasteiger partial charge in [-0.2, -0.15) is 0 Å². The highest BCUT2D eigenvalue weighted by Crippen LogP contribution is 2.47. The van der Waals surface area contributed by atoms with Crippen molar-refractivity contribution in [3.63, 3.8) is 0 Å². The first-order chi connectivity index (χ1) is 15.4. The second kappa shape index (κ2) is 8.64. The number of carbonyl (C=O) groups is 1. The van der Waals surface area contributed by atoms with Gasteiger partial charge in [-0.1, -0.05) is 36.4 Å². The van der Waals surface area contributed by atoms with Crippen molar-refractivity contribution in [2.24, 2.45) is 17.3 Å². The van der Waals surface area contributed by atoms with Crippen molar-refractivity contribution in [3.8, 4) is 11.4 Å². The number of Topliss-reactive ketones (excluding diaryl/α,β-unsaturated/α-hetero) is 1. The zero-order chi connectivity index (χ0) is 22.8. The van der Waals surface area contributed by atoms with Crippen LogP contribution in [0.2, 0.25) is 0 Å². The number of para-hydroxylation sites is 2. The minimum absolute atomic E-state index is 0.109. The van der Waals surface area contributed by atoms with Gasteiger partial charge >= 0.3 is 0 Å². The number of aromatic hydroxyl groups is 1. The summed E-state index contributed by atoms with van der Waals surface area (Å²) in [5, 5.41) is 22.6. The Morgan fingerprint density at radius 1 is 1.00 bits per heavy atom. The highest BCUT2D eigenvalue weighted by atomic mass is 32.1. The normalized spacial score (nSPS) is 11.2. The highest BCUT2D eigenvalue weighted by molar-refractivity contribution is 7.19. The van der Waals surface area contributed by atoms with E-state index >= 15 is 0 Å². The molecule has 4 rings (SSSR count). The van der Waals surface area contributed by atoms with Crippen LogP contribution in [0.1, 0.15) is 22.3 Å². The maximum Gasteiger partial charge on any atom is 0.299 e. The Morgan fingerprint density at radius 3 is 2.22 bits per heavy atom. The van der Waals surface area contributed by atoms with Gasteiger partial charge in [0.05, 0.1) is 11.4 Å². The number of nitrogens with one attached hydrogen (secondary N) is 1. The molecule has 2 heterocycles. The zero-order valence-corrected chi connectivity index (χ0v) is 18.6. The molecule has 0 unspecified atom stereocenters. The van der Waals surface area contributed by atoms with Gasteiger partial charge in [0.25, 0.3) is 5.56 Å². The molecule has 0 spiro atoms. The third-order valence-electron chi connectivity index (χ3n) is 4.98. The number of hydrogen-bond acceptors (Lipinski definition) is 7. The summed E-state index contributed by atoms with van der Waals surface area (Å²) in [6.45, 7) is 3.14. The van der Waals surface area contributed by atoms with E-state index in [1.54, 1.807) is 18.7 Å². The zero-order valence-electron chi connectivity index (χ0n) is 17.7. The molecule has 0 fully saturated rings. The van der Waals surface area contributed by atoms with Crippen molar-refractivity contribution in [2.45, 2.75) is 13.8 Å². The third kappa shape index (κ3) is 3.85. The number of thiophene rings is 1. The molecule has 0 bridgehead atoms. The largest absolute Gasteiger partial charge is 0.504 e. The van der Waals surface area contributed by atoms with Crippen molar-refractivity contribution in [2.75, 3.05) is 5.32 Å². The van der Waals surface area contributed by atoms with E-state index in [-0.39, 0.29) is 33.3 Å². The number of rotatable bonds is 6. The van der Waals surface area contributed by atoms with E-state index in [0.29, 0.717) is 16.4 Å². The van der Waals surface area contributed by atoms with Crippen LogP contribution < -0.4 is 10.9 Å². The van der Waals surface area contributed by atoms with Crippen LogP contribution in [0, 0.1) is 6.92 Å².